The number of amides is 1. The molecule has 1 aromatic carbocycles. The molecule has 1 aromatic rings. The van der Waals surface area contributed by atoms with Crippen LogP contribution in [-0.4, -0.2) is 36.7 Å². The fourth-order valence-electron chi connectivity index (χ4n) is 3.71. The number of ether oxygens (including phenoxy) is 1. The molecule has 4 nitrogen and oxygen atoms in total. The quantitative estimate of drug-likeness (QED) is 0.932. The van der Waals surface area contributed by atoms with E-state index in [1.54, 1.807) is 0 Å². The molecule has 4 heteroatoms. The van der Waals surface area contributed by atoms with Gasteiger partial charge in [0.1, 0.15) is 6.61 Å². The number of hydrogen-bond acceptors (Lipinski definition) is 3. The van der Waals surface area contributed by atoms with E-state index in [0.717, 1.165) is 38.0 Å². The molecular weight excluding hydrogens is 276 g/mol. The minimum Gasteiger partial charge on any atom is -0.445 e. The molecule has 2 fully saturated rings. The van der Waals surface area contributed by atoms with Crippen LogP contribution >= 0.6 is 0 Å². The van der Waals surface area contributed by atoms with Gasteiger partial charge in [0.2, 0.25) is 0 Å². The number of rotatable bonds is 3. The highest BCUT2D eigenvalue weighted by Crippen LogP contribution is 2.29. The van der Waals surface area contributed by atoms with Crippen molar-refractivity contribution in [1.29, 1.82) is 0 Å². The number of likely N-dealkylation sites (tertiary alicyclic amines) is 1. The van der Waals surface area contributed by atoms with Crippen molar-refractivity contribution in [3.05, 3.63) is 35.9 Å². The fourth-order valence-corrected chi connectivity index (χ4v) is 3.71. The number of carbonyl (C=O) groups is 1. The molecule has 0 bridgehead atoms. The second-order valence-corrected chi connectivity index (χ2v) is 6.38. The van der Waals surface area contributed by atoms with Crippen molar-refractivity contribution in [2.75, 3.05) is 19.6 Å². The first-order chi connectivity index (χ1) is 10.8. The van der Waals surface area contributed by atoms with Crippen molar-refractivity contribution in [2.24, 2.45) is 5.92 Å². The van der Waals surface area contributed by atoms with Crippen molar-refractivity contribution in [2.45, 2.75) is 44.8 Å². The fraction of sp³-hybridized carbons (Fsp3) is 0.611. The van der Waals surface area contributed by atoms with Crippen LogP contribution < -0.4 is 5.32 Å². The molecule has 0 aromatic heterocycles. The predicted molar refractivity (Wildman–Crippen MR) is 86.6 cm³/mol. The van der Waals surface area contributed by atoms with Gasteiger partial charge >= 0.3 is 6.09 Å². The Morgan fingerprint density at radius 2 is 1.91 bits per heavy atom. The number of piperidine rings is 2. The molecule has 1 N–H and O–H groups in total. The zero-order valence-electron chi connectivity index (χ0n) is 13.2. The third kappa shape index (κ3) is 3.80. The molecular formula is C18H26N2O2. The lowest BCUT2D eigenvalue weighted by molar-refractivity contribution is 0.0458. The summed E-state index contributed by atoms with van der Waals surface area (Å²) >= 11 is 0. The smallest absolute Gasteiger partial charge is 0.410 e. The Hall–Kier alpha value is -1.55. The van der Waals surface area contributed by atoms with Crippen LogP contribution in [0.2, 0.25) is 0 Å². The topological polar surface area (TPSA) is 41.6 Å². The highest BCUT2D eigenvalue weighted by Gasteiger charge is 2.34. The van der Waals surface area contributed by atoms with E-state index >= 15 is 0 Å². The largest absolute Gasteiger partial charge is 0.445 e. The van der Waals surface area contributed by atoms with Crippen molar-refractivity contribution in [1.82, 2.24) is 10.2 Å². The van der Waals surface area contributed by atoms with Gasteiger partial charge in [-0.1, -0.05) is 30.3 Å². The van der Waals surface area contributed by atoms with Crippen molar-refractivity contribution >= 4 is 6.09 Å². The Morgan fingerprint density at radius 1 is 1.14 bits per heavy atom. The number of benzene rings is 1. The normalized spacial score (nSPS) is 23.3. The summed E-state index contributed by atoms with van der Waals surface area (Å²) < 4.78 is 5.56. The highest BCUT2D eigenvalue weighted by molar-refractivity contribution is 5.68. The maximum atomic E-state index is 12.5. The molecule has 0 saturated carbocycles. The van der Waals surface area contributed by atoms with E-state index in [1.807, 2.05) is 35.2 Å². The molecule has 2 heterocycles. The molecule has 0 spiro atoms. The van der Waals surface area contributed by atoms with Gasteiger partial charge in [0.25, 0.3) is 0 Å². The summed E-state index contributed by atoms with van der Waals surface area (Å²) in [5, 5.41) is 3.41. The monoisotopic (exact) mass is 302 g/mol. The second-order valence-electron chi connectivity index (χ2n) is 6.38. The van der Waals surface area contributed by atoms with Gasteiger partial charge in [0, 0.05) is 12.6 Å². The molecule has 0 aliphatic carbocycles. The summed E-state index contributed by atoms with van der Waals surface area (Å²) in [6, 6.07) is 10.3. The molecule has 2 aliphatic heterocycles. The summed E-state index contributed by atoms with van der Waals surface area (Å²) in [6.45, 7) is 3.37. The van der Waals surface area contributed by atoms with Crippen LogP contribution in [0, 0.1) is 5.92 Å². The van der Waals surface area contributed by atoms with E-state index in [4.69, 9.17) is 4.74 Å². The number of nitrogens with one attached hydrogen (secondary N) is 1. The van der Waals surface area contributed by atoms with Gasteiger partial charge in [-0.15, -0.1) is 0 Å². The molecule has 2 aliphatic rings. The lowest BCUT2D eigenvalue weighted by Gasteiger charge is -2.41. The Morgan fingerprint density at radius 3 is 2.68 bits per heavy atom. The van der Waals surface area contributed by atoms with Crippen LogP contribution in [0.5, 0.6) is 0 Å². The van der Waals surface area contributed by atoms with E-state index in [2.05, 4.69) is 5.32 Å². The lowest BCUT2D eigenvalue weighted by atomic mass is 9.84. The molecule has 0 radical (unpaired) electrons. The van der Waals surface area contributed by atoms with Gasteiger partial charge in [0.15, 0.2) is 0 Å². The van der Waals surface area contributed by atoms with Crippen LogP contribution in [0.3, 0.4) is 0 Å². The predicted octanol–water partition coefficient (Wildman–Crippen LogP) is 3.18. The molecule has 1 atom stereocenters. The summed E-state index contributed by atoms with van der Waals surface area (Å²) in [6.07, 6.45) is 5.68. The molecule has 1 amide bonds. The van der Waals surface area contributed by atoms with E-state index in [0.29, 0.717) is 18.6 Å². The standard InChI is InChI=1S/C18H26N2O2/c21-18(22-14-15-6-2-1-3-7-15)20-13-5-4-8-17(20)16-9-11-19-12-10-16/h1-3,6-7,16-17,19H,4-5,8-14H2. The summed E-state index contributed by atoms with van der Waals surface area (Å²) in [4.78, 5) is 14.5. The zero-order chi connectivity index (χ0) is 15.2. The van der Waals surface area contributed by atoms with Crippen LogP contribution in [0.25, 0.3) is 0 Å². The highest BCUT2D eigenvalue weighted by atomic mass is 16.6. The van der Waals surface area contributed by atoms with Crippen LogP contribution in [0.1, 0.15) is 37.7 Å². The van der Waals surface area contributed by atoms with E-state index < -0.39 is 0 Å². The van der Waals surface area contributed by atoms with Gasteiger partial charge in [-0.2, -0.15) is 0 Å². The lowest BCUT2D eigenvalue weighted by Crippen LogP contribution is -2.49. The van der Waals surface area contributed by atoms with E-state index in [-0.39, 0.29) is 6.09 Å². The van der Waals surface area contributed by atoms with Crippen molar-refractivity contribution in [3.63, 3.8) is 0 Å². The zero-order valence-corrected chi connectivity index (χ0v) is 13.2. The average Bonchev–Trinajstić information content (AvgIpc) is 2.61. The minimum absolute atomic E-state index is 0.132. The van der Waals surface area contributed by atoms with Gasteiger partial charge in [-0.25, -0.2) is 4.79 Å². The molecule has 22 heavy (non-hydrogen) atoms. The molecule has 120 valence electrons. The maximum absolute atomic E-state index is 12.5. The number of carbonyl (C=O) groups excluding carboxylic acids is 1. The molecule has 1 unspecified atom stereocenters. The SMILES string of the molecule is O=C(OCc1ccccc1)N1CCCCC1C1CCNCC1. The second kappa shape index (κ2) is 7.63. The Balaban J connectivity index is 1.58. The van der Waals surface area contributed by atoms with Gasteiger partial charge in [0.05, 0.1) is 0 Å². The Kier molecular flexibility index (Phi) is 5.33. The average molecular weight is 302 g/mol. The van der Waals surface area contributed by atoms with Crippen LogP contribution in [-0.2, 0) is 11.3 Å². The number of nitrogens with zero attached hydrogens (tertiary/aromatic N) is 1. The maximum Gasteiger partial charge on any atom is 0.410 e. The molecule has 2 saturated heterocycles. The first-order valence-corrected chi connectivity index (χ1v) is 8.52. The Bertz CT molecular complexity index is 471. The van der Waals surface area contributed by atoms with Crippen molar-refractivity contribution in [3.8, 4) is 0 Å². The summed E-state index contributed by atoms with van der Waals surface area (Å²) in [7, 11) is 0. The molecule has 3 rings (SSSR count). The van der Waals surface area contributed by atoms with Gasteiger partial charge in [-0.05, 0) is 56.7 Å². The minimum atomic E-state index is -0.132. The Labute approximate surface area is 132 Å². The van der Waals surface area contributed by atoms with Gasteiger partial charge in [-0.3, -0.25) is 0 Å². The summed E-state index contributed by atoms with van der Waals surface area (Å²) in [5.41, 5.74) is 1.05. The number of hydrogen-bond donors (Lipinski definition) is 1. The first-order valence-electron chi connectivity index (χ1n) is 8.52. The van der Waals surface area contributed by atoms with Gasteiger partial charge < -0.3 is 15.0 Å². The van der Waals surface area contributed by atoms with Crippen LogP contribution in [0.4, 0.5) is 4.79 Å². The van der Waals surface area contributed by atoms with E-state index in [9.17, 15) is 4.79 Å². The van der Waals surface area contributed by atoms with Crippen molar-refractivity contribution < 1.29 is 9.53 Å². The van der Waals surface area contributed by atoms with E-state index in [1.165, 1.54) is 19.3 Å². The van der Waals surface area contributed by atoms with Crippen LogP contribution in [0.15, 0.2) is 30.3 Å². The third-order valence-corrected chi connectivity index (χ3v) is 4.92. The summed E-state index contributed by atoms with van der Waals surface area (Å²) in [5.74, 6) is 0.630. The third-order valence-electron chi connectivity index (χ3n) is 4.92. The first kappa shape index (κ1) is 15.3.